The molecule has 0 radical (unpaired) electrons. The minimum Gasteiger partial charge on any atom is -0.381 e. The zero-order valence-corrected chi connectivity index (χ0v) is 10.1. The standard InChI is InChI=1S/C10H20BrNO/c1-8(2)10(5-11)12-6-9-3-4-13-7-9/h8-10,12H,3-7H2,1-2H3. The van der Waals surface area contributed by atoms with Gasteiger partial charge in [-0.1, -0.05) is 29.8 Å². The van der Waals surface area contributed by atoms with Crippen LogP contribution in [-0.2, 0) is 4.74 Å². The number of alkyl halides is 1. The van der Waals surface area contributed by atoms with Gasteiger partial charge in [-0.2, -0.15) is 0 Å². The van der Waals surface area contributed by atoms with Crippen LogP contribution in [0.25, 0.3) is 0 Å². The van der Waals surface area contributed by atoms with Gasteiger partial charge >= 0.3 is 0 Å². The van der Waals surface area contributed by atoms with Gasteiger partial charge in [0.05, 0.1) is 6.61 Å². The van der Waals surface area contributed by atoms with Crippen molar-refractivity contribution in [2.45, 2.75) is 26.3 Å². The van der Waals surface area contributed by atoms with Crippen molar-refractivity contribution >= 4 is 15.9 Å². The molecule has 1 fully saturated rings. The molecule has 0 aliphatic carbocycles. The highest BCUT2D eigenvalue weighted by Crippen LogP contribution is 2.12. The van der Waals surface area contributed by atoms with E-state index in [1.54, 1.807) is 0 Å². The molecule has 0 spiro atoms. The normalized spacial score (nSPS) is 25.4. The lowest BCUT2D eigenvalue weighted by molar-refractivity contribution is 0.184. The van der Waals surface area contributed by atoms with Crippen LogP contribution in [0.4, 0.5) is 0 Å². The van der Waals surface area contributed by atoms with Crippen molar-refractivity contribution in [3.8, 4) is 0 Å². The second-order valence-corrected chi connectivity index (χ2v) is 4.79. The Hall–Kier alpha value is 0.400. The first-order valence-electron chi connectivity index (χ1n) is 5.11. The Balaban J connectivity index is 2.15. The van der Waals surface area contributed by atoms with Gasteiger partial charge in [-0.15, -0.1) is 0 Å². The van der Waals surface area contributed by atoms with Crippen molar-refractivity contribution in [3.05, 3.63) is 0 Å². The highest BCUT2D eigenvalue weighted by molar-refractivity contribution is 9.09. The molecule has 1 saturated heterocycles. The summed E-state index contributed by atoms with van der Waals surface area (Å²) in [6.45, 7) is 7.51. The van der Waals surface area contributed by atoms with Crippen molar-refractivity contribution in [1.29, 1.82) is 0 Å². The van der Waals surface area contributed by atoms with Crippen molar-refractivity contribution < 1.29 is 4.74 Å². The summed E-state index contributed by atoms with van der Waals surface area (Å²) >= 11 is 3.53. The van der Waals surface area contributed by atoms with Gasteiger partial charge in [0.1, 0.15) is 0 Å². The molecule has 0 aromatic carbocycles. The van der Waals surface area contributed by atoms with Gasteiger partial charge in [-0.3, -0.25) is 0 Å². The lowest BCUT2D eigenvalue weighted by Gasteiger charge is -2.21. The van der Waals surface area contributed by atoms with Gasteiger partial charge in [-0.25, -0.2) is 0 Å². The molecular weight excluding hydrogens is 230 g/mol. The first kappa shape index (κ1) is 11.5. The zero-order chi connectivity index (χ0) is 9.68. The van der Waals surface area contributed by atoms with Crippen LogP contribution in [0.2, 0.25) is 0 Å². The molecular formula is C10H20BrNO. The highest BCUT2D eigenvalue weighted by atomic mass is 79.9. The van der Waals surface area contributed by atoms with E-state index in [2.05, 4.69) is 35.1 Å². The SMILES string of the molecule is CC(C)C(CBr)NCC1CCOC1. The van der Waals surface area contributed by atoms with Gasteiger partial charge in [0.2, 0.25) is 0 Å². The number of ether oxygens (including phenoxy) is 1. The van der Waals surface area contributed by atoms with E-state index in [-0.39, 0.29) is 0 Å². The molecule has 0 aromatic rings. The summed E-state index contributed by atoms with van der Waals surface area (Å²) < 4.78 is 5.33. The topological polar surface area (TPSA) is 21.3 Å². The fourth-order valence-electron chi connectivity index (χ4n) is 1.53. The van der Waals surface area contributed by atoms with Crippen LogP contribution >= 0.6 is 15.9 Å². The van der Waals surface area contributed by atoms with Gasteiger partial charge < -0.3 is 10.1 Å². The smallest absolute Gasteiger partial charge is 0.0507 e. The minimum absolute atomic E-state index is 0.598. The number of hydrogen-bond donors (Lipinski definition) is 1. The first-order chi connectivity index (χ1) is 6.24. The van der Waals surface area contributed by atoms with Crippen molar-refractivity contribution in [1.82, 2.24) is 5.32 Å². The lowest BCUT2D eigenvalue weighted by atomic mass is 10.0. The zero-order valence-electron chi connectivity index (χ0n) is 8.55. The average Bonchev–Trinajstić information content (AvgIpc) is 2.57. The van der Waals surface area contributed by atoms with Crippen molar-refractivity contribution in [2.24, 2.45) is 11.8 Å². The summed E-state index contributed by atoms with van der Waals surface area (Å²) in [5.74, 6) is 1.43. The summed E-state index contributed by atoms with van der Waals surface area (Å²) in [4.78, 5) is 0. The lowest BCUT2D eigenvalue weighted by Crippen LogP contribution is -2.38. The third kappa shape index (κ3) is 3.96. The Morgan fingerprint density at radius 1 is 1.54 bits per heavy atom. The summed E-state index contributed by atoms with van der Waals surface area (Å²) in [7, 11) is 0. The molecule has 13 heavy (non-hydrogen) atoms. The van der Waals surface area contributed by atoms with Crippen LogP contribution < -0.4 is 5.32 Å². The number of hydrogen-bond acceptors (Lipinski definition) is 2. The monoisotopic (exact) mass is 249 g/mol. The average molecular weight is 250 g/mol. The molecule has 1 heterocycles. The molecule has 1 aliphatic heterocycles. The quantitative estimate of drug-likeness (QED) is 0.754. The van der Waals surface area contributed by atoms with E-state index in [4.69, 9.17) is 4.74 Å². The van der Waals surface area contributed by atoms with E-state index < -0.39 is 0 Å². The number of nitrogens with one attached hydrogen (secondary N) is 1. The Morgan fingerprint density at radius 3 is 2.77 bits per heavy atom. The highest BCUT2D eigenvalue weighted by Gasteiger charge is 2.18. The molecule has 1 rings (SSSR count). The molecule has 0 aromatic heterocycles. The third-order valence-corrected chi connectivity index (χ3v) is 3.36. The predicted octanol–water partition coefficient (Wildman–Crippen LogP) is 2.03. The minimum atomic E-state index is 0.598. The molecule has 1 aliphatic rings. The number of halogens is 1. The Kier molecular flexibility index (Phi) is 5.29. The van der Waals surface area contributed by atoms with Crippen LogP contribution in [0, 0.1) is 11.8 Å². The van der Waals surface area contributed by atoms with E-state index in [9.17, 15) is 0 Å². The molecule has 2 nitrogen and oxygen atoms in total. The van der Waals surface area contributed by atoms with E-state index in [0.29, 0.717) is 12.0 Å². The van der Waals surface area contributed by atoms with Crippen molar-refractivity contribution in [3.63, 3.8) is 0 Å². The Bertz CT molecular complexity index is 135. The van der Waals surface area contributed by atoms with Crippen LogP contribution in [0.15, 0.2) is 0 Å². The molecule has 0 bridgehead atoms. The maximum atomic E-state index is 5.33. The molecule has 78 valence electrons. The molecule has 2 unspecified atom stereocenters. The van der Waals surface area contributed by atoms with Gasteiger partial charge in [0.15, 0.2) is 0 Å². The summed E-state index contributed by atoms with van der Waals surface area (Å²) in [5.41, 5.74) is 0. The Morgan fingerprint density at radius 2 is 2.31 bits per heavy atom. The van der Waals surface area contributed by atoms with Gasteiger partial charge in [0.25, 0.3) is 0 Å². The predicted molar refractivity (Wildman–Crippen MR) is 59.3 cm³/mol. The summed E-state index contributed by atoms with van der Waals surface area (Å²) in [5, 5.41) is 4.62. The van der Waals surface area contributed by atoms with Crippen LogP contribution in [-0.4, -0.2) is 31.1 Å². The van der Waals surface area contributed by atoms with Crippen LogP contribution in [0.5, 0.6) is 0 Å². The van der Waals surface area contributed by atoms with Gasteiger partial charge in [-0.05, 0) is 18.3 Å². The van der Waals surface area contributed by atoms with E-state index in [1.165, 1.54) is 6.42 Å². The molecule has 0 saturated carbocycles. The molecule has 0 amide bonds. The number of rotatable bonds is 5. The van der Waals surface area contributed by atoms with E-state index in [0.717, 1.165) is 31.0 Å². The largest absolute Gasteiger partial charge is 0.381 e. The molecule has 3 heteroatoms. The fraction of sp³-hybridized carbons (Fsp3) is 1.00. The van der Waals surface area contributed by atoms with Crippen LogP contribution in [0.1, 0.15) is 20.3 Å². The van der Waals surface area contributed by atoms with E-state index in [1.807, 2.05) is 0 Å². The van der Waals surface area contributed by atoms with E-state index >= 15 is 0 Å². The molecule has 2 atom stereocenters. The fourth-order valence-corrected chi connectivity index (χ4v) is 2.51. The Labute approximate surface area is 89.5 Å². The summed E-state index contributed by atoms with van der Waals surface area (Å²) in [6, 6.07) is 0.598. The second kappa shape index (κ2) is 5.99. The maximum absolute atomic E-state index is 5.33. The van der Waals surface area contributed by atoms with Crippen LogP contribution in [0.3, 0.4) is 0 Å². The van der Waals surface area contributed by atoms with Gasteiger partial charge in [0, 0.05) is 24.5 Å². The third-order valence-electron chi connectivity index (χ3n) is 2.66. The molecule has 1 N–H and O–H groups in total. The summed E-state index contributed by atoms with van der Waals surface area (Å²) in [6.07, 6.45) is 1.22. The second-order valence-electron chi connectivity index (χ2n) is 4.14. The first-order valence-corrected chi connectivity index (χ1v) is 6.23. The maximum Gasteiger partial charge on any atom is 0.0507 e. The van der Waals surface area contributed by atoms with Crippen molar-refractivity contribution in [2.75, 3.05) is 25.1 Å².